The zero-order valence-corrected chi connectivity index (χ0v) is 11.2. The fourth-order valence-corrected chi connectivity index (χ4v) is 3.17. The van der Waals surface area contributed by atoms with E-state index in [2.05, 4.69) is 63.4 Å². The van der Waals surface area contributed by atoms with E-state index in [0.717, 1.165) is 6.42 Å². The molecule has 1 atom stereocenters. The van der Waals surface area contributed by atoms with Crippen LogP contribution in [-0.2, 0) is 6.42 Å². The Kier molecular flexibility index (Phi) is 4.25. The maximum atomic E-state index is 5.72. The second-order valence-corrected chi connectivity index (χ2v) is 5.45. The van der Waals surface area contributed by atoms with E-state index in [1.165, 1.54) is 12.7 Å². The molecule has 0 aliphatic carbocycles. The molecule has 1 nitrogen and oxygen atoms in total. The lowest BCUT2D eigenvalue weighted by Crippen LogP contribution is -2.17. The van der Waals surface area contributed by atoms with Crippen molar-refractivity contribution < 1.29 is 0 Å². The highest BCUT2D eigenvalue weighted by atomic mass is 127. The molecule has 0 aromatic heterocycles. The van der Waals surface area contributed by atoms with E-state index < -0.39 is 0 Å². The van der Waals surface area contributed by atoms with Crippen LogP contribution in [0.25, 0.3) is 0 Å². The summed E-state index contributed by atoms with van der Waals surface area (Å²) >= 11 is 4.66. The lowest BCUT2D eigenvalue weighted by Gasteiger charge is -2.06. The average molecular weight is 387 g/mol. The first-order chi connectivity index (χ1) is 5.58. The molecule has 1 unspecified atom stereocenters. The van der Waals surface area contributed by atoms with Crippen molar-refractivity contribution in [2.45, 2.75) is 19.4 Å². The molecule has 12 heavy (non-hydrogen) atoms. The number of benzene rings is 1. The van der Waals surface area contributed by atoms with Gasteiger partial charge in [-0.3, -0.25) is 0 Å². The highest BCUT2D eigenvalue weighted by Gasteiger charge is 2.00. The second-order valence-electron chi connectivity index (χ2n) is 2.96. The van der Waals surface area contributed by atoms with Gasteiger partial charge in [-0.25, -0.2) is 0 Å². The first-order valence-electron chi connectivity index (χ1n) is 3.78. The Balaban J connectivity index is 2.85. The summed E-state index contributed by atoms with van der Waals surface area (Å²) in [7, 11) is 0. The first-order valence-corrected chi connectivity index (χ1v) is 5.94. The second kappa shape index (κ2) is 4.76. The van der Waals surface area contributed by atoms with Crippen molar-refractivity contribution >= 4 is 45.2 Å². The molecule has 0 aliphatic heterocycles. The highest BCUT2D eigenvalue weighted by Crippen LogP contribution is 2.15. The lowest BCUT2D eigenvalue weighted by atomic mass is 10.1. The third kappa shape index (κ3) is 3.57. The van der Waals surface area contributed by atoms with Crippen LogP contribution in [0, 0.1) is 7.14 Å². The first kappa shape index (κ1) is 10.7. The Labute approximate surface area is 100 Å². The SMILES string of the molecule is CC(N)Cc1cc(I)cc(I)c1. The summed E-state index contributed by atoms with van der Waals surface area (Å²) in [6.45, 7) is 2.03. The van der Waals surface area contributed by atoms with Gasteiger partial charge in [0.1, 0.15) is 0 Å². The fraction of sp³-hybridized carbons (Fsp3) is 0.333. The third-order valence-corrected chi connectivity index (χ3v) is 2.73. The molecule has 0 spiro atoms. The van der Waals surface area contributed by atoms with E-state index in [1.807, 2.05) is 6.92 Å². The van der Waals surface area contributed by atoms with Gasteiger partial charge in [0.15, 0.2) is 0 Å². The molecule has 0 radical (unpaired) electrons. The Hall–Kier alpha value is 0.640. The molecule has 2 N–H and O–H groups in total. The zero-order valence-electron chi connectivity index (χ0n) is 6.85. The molecule has 0 fully saturated rings. The van der Waals surface area contributed by atoms with Gasteiger partial charge in [0.05, 0.1) is 0 Å². The number of hydrogen-bond donors (Lipinski definition) is 1. The van der Waals surface area contributed by atoms with Crippen LogP contribution in [0.3, 0.4) is 0 Å². The summed E-state index contributed by atoms with van der Waals surface area (Å²) in [5.74, 6) is 0. The van der Waals surface area contributed by atoms with Crippen LogP contribution < -0.4 is 5.73 Å². The van der Waals surface area contributed by atoms with Gasteiger partial charge < -0.3 is 5.73 Å². The van der Waals surface area contributed by atoms with Gasteiger partial charge in [0.25, 0.3) is 0 Å². The van der Waals surface area contributed by atoms with E-state index >= 15 is 0 Å². The molecule has 0 aliphatic rings. The predicted molar refractivity (Wildman–Crippen MR) is 69.2 cm³/mol. The van der Waals surface area contributed by atoms with Gasteiger partial charge in [-0.2, -0.15) is 0 Å². The van der Waals surface area contributed by atoms with Crippen LogP contribution >= 0.6 is 45.2 Å². The van der Waals surface area contributed by atoms with Crippen molar-refractivity contribution in [3.05, 3.63) is 30.9 Å². The van der Waals surface area contributed by atoms with E-state index in [0.29, 0.717) is 0 Å². The summed E-state index contributed by atoms with van der Waals surface area (Å²) in [4.78, 5) is 0. The van der Waals surface area contributed by atoms with Crippen molar-refractivity contribution in [3.8, 4) is 0 Å². The quantitative estimate of drug-likeness (QED) is 0.777. The summed E-state index contributed by atoms with van der Waals surface area (Å²) in [5.41, 5.74) is 7.05. The van der Waals surface area contributed by atoms with Crippen molar-refractivity contribution in [2.75, 3.05) is 0 Å². The van der Waals surface area contributed by atoms with Crippen LogP contribution in [0.1, 0.15) is 12.5 Å². The van der Waals surface area contributed by atoms with Gasteiger partial charge in [-0.1, -0.05) is 0 Å². The number of rotatable bonds is 2. The molecule has 66 valence electrons. The van der Waals surface area contributed by atoms with Crippen LogP contribution in [0.4, 0.5) is 0 Å². The summed E-state index contributed by atoms with van der Waals surface area (Å²) in [5, 5.41) is 0. The lowest BCUT2D eigenvalue weighted by molar-refractivity contribution is 0.737. The van der Waals surface area contributed by atoms with Crippen molar-refractivity contribution in [1.82, 2.24) is 0 Å². The minimum atomic E-state index is 0.249. The predicted octanol–water partition coefficient (Wildman–Crippen LogP) is 2.79. The standard InChI is InChI=1S/C9H11I2N/c1-6(12)2-7-3-8(10)5-9(11)4-7/h3-6H,2,12H2,1H3. The molecule has 0 saturated heterocycles. The summed E-state index contributed by atoms with van der Waals surface area (Å²) in [6, 6.07) is 6.78. The molecule has 1 rings (SSSR count). The van der Waals surface area contributed by atoms with Gasteiger partial charge in [-0.15, -0.1) is 0 Å². The van der Waals surface area contributed by atoms with E-state index in [1.54, 1.807) is 0 Å². The minimum absolute atomic E-state index is 0.249. The molecule has 0 heterocycles. The maximum Gasteiger partial charge on any atom is 0.0143 e. The Bertz CT molecular complexity index is 251. The number of nitrogens with two attached hydrogens (primary N) is 1. The van der Waals surface area contributed by atoms with E-state index in [4.69, 9.17) is 5.73 Å². The average Bonchev–Trinajstić information content (AvgIpc) is 1.81. The zero-order chi connectivity index (χ0) is 9.14. The molecule has 0 amide bonds. The van der Waals surface area contributed by atoms with Crippen LogP contribution in [-0.4, -0.2) is 6.04 Å². The van der Waals surface area contributed by atoms with Crippen molar-refractivity contribution in [2.24, 2.45) is 5.73 Å². The van der Waals surface area contributed by atoms with E-state index in [9.17, 15) is 0 Å². The number of hydrogen-bond acceptors (Lipinski definition) is 1. The van der Waals surface area contributed by atoms with Crippen LogP contribution in [0.2, 0.25) is 0 Å². The molecule has 3 heteroatoms. The van der Waals surface area contributed by atoms with Gasteiger partial charge >= 0.3 is 0 Å². The monoisotopic (exact) mass is 387 g/mol. The fourth-order valence-electron chi connectivity index (χ4n) is 1.10. The molecule has 0 bridgehead atoms. The molecule has 0 saturated carbocycles. The smallest absolute Gasteiger partial charge is 0.0143 e. The molecule has 1 aromatic carbocycles. The van der Waals surface area contributed by atoms with Gasteiger partial charge in [0.2, 0.25) is 0 Å². The molecule has 1 aromatic rings. The summed E-state index contributed by atoms with van der Waals surface area (Å²) in [6.07, 6.45) is 0.965. The largest absolute Gasteiger partial charge is 0.328 e. The van der Waals surface area contributed by atoms with Crippen LogP contribution in [0.15, 0.2) is 18.2 Å². The van der Waals surface area contributed by atoms with Gasteiger partial charge in [-0.05, 0) is 82.3 Å². The third-order valence-electron chi connectivity index (χ3n) is 1.48. The Morgan fingerprint density at radius 1 is 1.25 bits per heavy atom. The molecular formula is C9H11I2N. The van der Waals surface area contributed by atoms with Crippen molar-refractivity contribution in [3.63, 3.8) is 0 Å². The normalized spacial score (nSPS) is 13.0. The highest BCUT2D eigenvalue weighted by molar-refractivity contribution is 14.1. The topological polar surface area (TPSA) is 26.0 Å². The number of halogens is 2. The Morgan fingerprint density at radius 2 is 1.75 bits per heavy atom. The molecular weight excluding hydrogens is 376 g/mol. The summed E-state index contributed by atoms with van der Waals surface area (Å²) < 4.78 is 2.57. The maximum absolute atomic E-state index is 5.72. The van der Waals surface area contributed by atoms with Crippen LogP contribution in [0.5, 0.6) is 0 Å². The van der Waals surface area contributed by atoms with Gasteiger partial charge in [0, 0.05) is 13.2 Å². The van der Waals surface area contributed by atoms with E-state index in [-0.39, 0.29) is 6.04 Å². The van der Waals surface area contributed by atoms with Crippen molar-refractivity contribution in [1.29, 1.82) is 0 Å². The minimum Gasteiger partial charge on any atom is -0.328 e. The Morgan fingerprint density at radius 3 is 2.17 bits per heavy atom.